The summed E-state index contributed by atoms with van der Waals surface area (Å²) in [5.41, 5.74) is 4.32. The Balaban J connectivity index is 1.80. The van der Waals surface area contributed by atoms with E-state index >= 15 is 0 Å². The van der Waals surface area contributed by atoms with Gasteiger partial charge in [0.2, 0.25) is 0 Å². The minimum absolute atomic E-state index is 0.231. The third-order valence-corrected chi connectivity index (χ3v) is 5.44. The summed E-state index contributed by atoms with van der Waals surface area (Å²) in [5, 5.41) is 4.77. The molecule has 0 saturated heterocycles. The molecule has 1 aliphatic rings. The van der Waals surface area contributed by atoms with Gasteiger partial charge in [-0.25, -0.2) is 9.38 Å². The van der Waals surface area contributed by atoms with Gasteiger partial charge in [-0.3, -0.25) is 0 Å². The molecule has 0 radical (unpaired) electrons. The van der Waals surface area contributed by atoms with E-state index in [2.05, 4.69) is 33.0 Å². The minimum Gasteiger partial charge on any atom is -0.387 e. The van der Waals surface area contributed by atoms with Gasteiger partial charge < -0.3 is 9.74 Å². The van der Waals surface area contributed by atoms with Gasteiger partial charge in [0.1, 0.15) is 5.82 Å². The standard InChI is InChI=1S/C20H20BrClFN3O/c1-4-26(3)11-24-19-7-12(2)15(9-17(19)22)20-10-18(25-27-20)14-6-5-13(23)8-16(14)21/h5-9,11,20H,4,10H2,1-3H3. The molecule has 2 aromatic rings. The highest BCUT2D eigenvalue weighted by Gasteiger charge is 2.27. The molecule has 0 saturated carbocycles. The normalized spacial score (nSPS) is 16.5. The summed E-state index contributed by atoms with van der Waals surface area (Å²) in [5.74, 6) is -0.297. The smallest absolute Gasteiger partial charge is 0.158 e. The van der Waals surface area contributed by atoms with Crippen molar-refractivity contribution in [3.8, 4) is 0 Å². The molecular formula is C20H20BrClFN3O. The average Bonchev–Trinajstić information content (AvgIpc) is 3.11. The Morgan fingerprint density at radius 1 is 1.41 bits per heavy atom. The molecule has 0 bridgehead atoms. The van der Waals surface area contributed by atoms with Gasteiger partial charge in [-0.1, -0.05) is 32.7 Å². The number of aliphatic imine (C=N–C) groups is 1. The number of hydrogen-bond acceptors (Lipinski definition) is 3. The first kappa shape index (κ1) is 19.8. The second-order valence-corrected chi connectivity index (χ2v) is 7.70. The van der Waals surface area contributed by atoms with Gasteiger partial charge >= 0.3 is 0 Å². The van der Waals surface area contributed by atoms with Gasteiger partial charge in [-0.15, -0.1) is 0 Å². The van der Waals surface area contributed by atoms with Crippen LogP contribution in [-0.4, -0.2) is 30.5 Å². The first-order valence-corrected chi connectivity index (χ1v) is 9.78. The van der Waals surface area contributed by atoms with Crippen LogP contribution in [0.15, 0.2) is 45.0 Å². The highest BCUT2D eigenvalue weighted by molar-refractivity contribution is 9.10. The number of halogens is 3. The molecule has 27 heavy (non-hydrogen) atoms. The fourth-order valence-electron chi connectivity index (χ4n) is 2.80. The Kier molecular flexibility index (Phi) is 6.17. The first-order valence-electron chi connectivity index (χ1n) is 8.61. The van der Waals surface area contributed by atoms with Crippen LogP contribution in [-0.2, 0) is 4.84 Å². The lowest BCUT2D eigenvalue weighted by atomic mass is 9.97. The van der Waals surface area contributed by atoms with Crippen LogP contribution in [0.5, 0.6) is 0 Å². The van der Waals surface area contributed by atoms with E-state index in [1.165, 1.54) is 12.1 Å². The first-order chi connectivity index (χ1) is 12.9. The van der Waals surface area contributed by atoms with Crippen molar-refractivity contribution in [1.29, 1.82) is 0 Å². The molecule has 1 unspecified atom stereocenters. The van der Waals surface area contributed by atoms with Gasteiger partial charge in [0.05, 0.1) is 22.8 Å². The molecule has 2 aromatic carbocycles. The van der Waals surface area contributed by atoms with Crippen LogP contribution >= 0.6 is 27.5 Å². The van der Waals surface area contributed by atoms with E-state index in [0.29, 0.717) is 15.9 Å². The van der Waals surface area contributed by atoms with E-state index in [1.54, 1.807) is 12.4 Å². The van der Waals surface area contributed by atoms with E-state index in [0.717, 1.165) is 34.6 Å². The Morgan fingerprint density at radius 2 is 2.19 bits per heavy atom. The molecule has 3 rings (SSSR count). The summed E-state index contributed by atoms with van der Waals surface area (Å²) in [7, 11) is 1.96. The van der Waals surface area contributed by atoms with Crippen molar-refractivity contribution < 1.29 is 9.23 Å². The molecule has 1 heterocycles. The van der Waals surface area contributed by atoms with Crippen molar-refractivity contribution >= 4 is 45.3 Å². The average molecular weight is 453 g/mol. The van der Waals surface area contributed by atoms with Crippen LogP contribution in [0.3, 0.4) is 0 Å². The van der Waals surface area contributed by atoms with E-state index in [9.17, 15) is 4.39 Å². The van der Waals surface area contributed by atoms with Gasteiger partial charge in [-0.05, 0) is 55.3 Å². The van der Waals surface area contributed by atoms with E-state index < -0.39 is 0 Å². The largest absolute Gasteiger partial charge is 0.387 e. The molecule has 0 spiro atoms. The fraction of sp³-hybridized carbons (Fsp3) is 0.300. The van der Waals surface area contributed by atoms with Gasteiger partial charge in [0.15, 0.2) is 6.10 Å². The number of nitrogens with zero attached hydrogens (tertiary/aromatic N) is 3. The lowest BCUT2D eigenvalue weighted by Crippen LogP contribution is -2.14. The summed E-state index contributed by atoms with van der Waals surface area (Å²) in [6.45, 7) is 4.92. The zero-order valence-corrected chi connectivity index (χ0v) is 17.7. The minimum atomic E-state index is -0.297. The van der Waals surface area contributed by atoms with Gasteiger partial charge in [-0.2, -0.15) is 0 Å². The van der Waals surface area contributed by atoms with Crippen molar-refractivity contribution in [3.05, 3.63) is 62.3 Å². The number of benzene rings is 2. The molecule has 4 nitrogen and oxygen atoms in total. The van der Waals surface area contributed by atoms with Crippen molar-refractivity contribution in [2.45, 2.75) is 26.4 Å². The van der Waals surface area contributed by atoms with Gasteiger partial charge in [0, 0.05) is 30.0 Å². The summed E-state index contributed by atoms with van der Waals surface area (Å²) < 4.78 is 14.0. The molecule has 7 heteroatoms. The predicted molar refractivity (Wildman–Crippen MR) is 112 cm³/mol. The number of aryl methyl sites for hydroxylation is 1. The summed E-state index contributed by atoms with van der Waals surface area (Å²) in [6.07, 6.45) is 2.12. The summed E-state index contributed by atoms with van der Waals surface area (Å²) >= 11 is 9.81. The topological polar surface area (TPSA) is 37.2 Å². The predicted octanol–water partition coefficient (Wildman–Crippen LogP) is 6.03. The summed E-state index contributed by atoms with van der Waals surface area (Å²) in [6, 6.07) is 8.38. The molecule has 1 atom stereocenters. The molecule has 142 valence electrons. The SMILES string of the molecule is CCN(C)C=Nc1cc(C)c(C2CC(c3ccc(F)cc3Br)=NO2)cc1Cl. The fourth-order valence-corrected chi connectivity index (χ4v) is 3.60. The van der Waals surface area contributed by atoms with E-state index in [-0.39, 0.29) is 11.9 Å². The van der Waals surface area contributed by atoms with Crippen molar-refractivity contribution in [2.75, 3.05) is 13.6 Å². The monoisotopic (exact) mass is 451 g/mol. The number of oxime groups is 1. The molecule has 0 aromatic heterocycles. The van der Waals surface area contributed by atoms with E-state index in [1.807, 2.05) is 31.0 Å². The molecule has 1 aliphatic heterocycles. The molecular weight excluding hydrogens is 433 g/mol. The zero-order valence-electron chi connectivity index (χ0n) is 15.3. The summed E-state index contributed by atoms with van der Waals surface area (Å²) in [4.78, 5) is 12.1. The second kappa shape index (κ2) is 8.40. The molecule has 0 amide bonds. The van der Waals surface area contributed by atoms with Crippen molar-refractivity contribution in [1.82, 2.24) is 4.90 Å². The molecule has 0 aliphatic carbocycles. The van der Waals surface area contributed by atoms with Crippen molar-refractivity contribution in [3.63, 3.8) is 0 Å². The van der Waals surface area contributed by atoms with Crippen LogP contribution in [0, 0.1) is 12.7 Å². The maximum atomic E-state index is 13.3. The lowest BCUT2D eigenvalue weighted by Gasteiger charge is -2.14. The van der Waals surface area contributed by atoms with Crippen LogP contribution < -0.4 is 0 Å². The molecule has 0 fully saturated rings. The number of rotatable bonds is 5. The van der Waals surface area contributed by atoms with E-state index in [4.69, 9.17) is 16.4 Å². The lowest BCUT2D eigenvalue weighted by molar-refractivity contribution is 0.0853. The van der Waals surface area contributed by atoms with Crippen LogP contribution in [0.2, 0.25) is 5.02 Å². The maximum absolute atomic E-state index is 13.3. The third-order valence-electron chi connectivity index (χ3n) is 4.49. The van der Waals surface area contributed by atoms with Crippen LogP contribution in [0.4, 0.5) is 10.1 Å². The second-order valence-electron chi connectivity index (χ2n) is 6.44. The third kappa shape index (κ3) is 4.50. The van der Waals surface area contributed by atoms with Crippen LogP contribution in [0.25, 0.3) is 0 Å². The van der Waals surface area contributed by atoms with Gasteiger partial charge in [0.25, 0.3) is 0 Å². The Hall–Kier alpha value is -1.92. The highest BCUT2D eigenvalue weighted by atomic mass is 79.9. The quantitative estimate of drug-likeness (QED) is 0.410. The van der Waals surface area contributed by atoms with Crippen molar-refractivity contribution in [2.24, 2.45) is 10.1 Å². The Bertz CT molecular complexity index is 916. The number of hydrogen-bond donors (Lipinski definition) is 0. The van der Waals surface area contributed by atoms with Crippen LogP contribution in [0.1, 0.15) is 36.1 Å². The zero-order chi connectivity index (χ0) is 19.6. The maximum Gasteiger partial charge on any atom is 0.158 e. The Labute approximate surface area is 171 Å². The molecule has 0 N–H and O–H groups in total. The highest BCUT2D eigenvalue weighted by Crippen LogP contribution is 2.37. The Morgan fingerprint density at radius 3 is 2.89 bits per heavy atom.